The van der Waals surface area contributed by atoms with Gasteiger partial charge in [0.05, 0.1) is 17.9 Å². The lowest BCUT2D eigenvalue weighted by atomic mass is 10.1. The molecule has 2 aromatic heterocycles. The number of rotatable bonds is 4. The molecule has 0 spiro atoms. The van der Waals surface area contributed by atoms with Crippen LogP contribution in [0.1, 0.15) is 17.0 Å². The lowest BCUT2D eigenvalue weighted by molar-refractivity contribution is 0.708. The largest absolute Gasteiger partial charge is 0.368 e. The molecule has 1 aromatic carbocycles. The Morgan fingerprint density at radius 1 is 1.08 bits per heavy atom. The van der Waals surface area contributed by atoms with E-state index in [0.29, 0.717) is 12.5 Å². The predicted octanol–water partition coefficient (Wildman–Crippen LogP) is 2.48. The van der Waals surface area contributed by atoms with Crippen molar-refractivity contribution in [2.24, 2.45) is 0 Å². The maximum Gasteiger partial charge on any atom is 0.222 e. The van der Waals surface area contributed by atoms with Gasteiger partial charge in [-0.3, -0.25) is 0 Å². The molecule has 0 amide bonds. The van der Waals surface area contributed by atoms with Gasteiger partial charge in [-0.2, -0.15) is 4.98 Å². The summed E-state index contributed by atoms with van der Waals surface area (Å²) in [6, 6.07) is 10.2. The van der Waals surface area contributed by atoms with Crippen molar-refractivity contribution >= 4 is 23.1 Å². The number of nitrogens with one attached hydrogen (secondary N) is 2. The van der Waals surface area contributed by atoms with E-state index in [1.54, 1.807) is 11.3 Å². The van der Waals surface area contributed by atoms with Gasteiger partial charge in [-0.25, -0.2) is 9.97 Å². The molecule has 25 heavy (non-hydrogen) atoms. The number of fused-ring (bicyclic) bond motifs is 1. The summed E-state index contributed by atoms with van der Waals surface area (Å²) in [5.74, 6) is 1.16. The number of aromatic nitrogens is 3. The lowest BCUT2D eigenvalue weighted by Gasteiger charge is -2.12. The Labute approximate surface area is 150 Å². The molecular weight excluding hydrogens is 332 g/mol. The highest BCUT2D eigenvalue weighted by Gasteiger charge is 2.16. The van der Waals surface area contributed by atoms with E-state index in [9.17, 15) is 0 Å². The number of thiazole rings is 1. The van der Waals surface area contributed by atoms with Crippen molar-refractivity contribution in [2.75, 3.05) is 24.1 Å². The molecule has 0 aliphatic carbocycles. The van der Waals surface area contributed by atoms with E-state index < -0.39 is 0 Å². The number of hydrogen-bond donors (Lipinski definition) is 3. The molecule has 1 aliphatic rings. The average molecular weight is 352 g/mol. The van der Waals surface area contributed by atoms with Gasteiger partial charge < -0.3 is 16.4 Å². The second kappa shape index (κ2) is 7.16. The van der Waals surface area contributed by atoms with Crippen molar-refractivity contribution in [1.82, 2.24) is 20.3 Å². The van der Waals surface area contributed by atoms with Gasteiger partial charge in [0.15, 0.2) is 0 Å². The van der Waals surface area contributed by atoms with Crippen molar-refractivity contribution in [3.05, 3.63) is 52.7 Å². The summed E-state index contributed by atoms with van der Waals surface area (Å²) in [5.41, 5.74) is 10.2. The highest BCUT2D eigenvalue weighted by atomic mass is 32.1. The normalized spacial score (nSPS) is 13.9. The van der Waals surface area contributed by atoms with Crippen LogP contribution in [0.25, 0.3) is 10.6 Å². The van der Waals surface area contributed by atoms with Crippen molar-refractivity contribution in [3.63, 3.8) is 0 Å². The fourth-order valence-corrected chi connectivity index (χ4v) is 3.81. The van der Waals surface area contributed by atoms with Crippen LogP contribution in [-0.2, 0) is 19.4 Å². The van der Waals surface area contributed by atoms with E-state index in [4.69, 9.17) is 10.7 Å². The van der Waals surface area contributed by atoms with Crippen LogP contribution >= 0.6 is 11.3 Å². The van der Waals surface area contributed by atoms with E-state index in [-0.39, 0.29) is 0 Å². The Kier molecular flexibility index (Phi) is 4.58. The summed E-state index contributed by atoms with van der Waals surface area (Å²) in [4.78, 5) is 13.5. The summed E-state index contributed by atoms with van der Waals surface area (Å²) in [6.07, 6.45) is 1.79. The molecule has 0 fully saturated rings. The maximum atomic E-state index is 5.89. The van der Waals surface area contributed by atoms with E-state index >= 15 is 0 Å². The summed E-state index contributed by atoms with van der Waals surface area (Å²) in [7, 11) is 0. The molecule has 0 radical (unpaired) electrons. The smallest absolute Gasteiger partial charge is 0.222 e. The zero-order valence-corrected chi connectivity index (χ0v) is 14.6. The van der Waals surface area contributed by atoms with Gasteiger partial charge in [-0.05, 0) is 13.0 Å². The van der Waals surface area contributed by atoms with Crippen molar-refractivity contribution in [1.29, 1.82) is 0 Å². The van der Waals surface area contributed by atoms with E-state index in [1.807, 2.05) is 18.2 Å². The minimum absolute atomic E-state index is 0.325. The Morgan fingerprint density at radius 2 is 1.92 bits per heavy atom. The molecular formula is C18H20N6S. The fourth-order valence-electron chi connectivity index (χ4n) is 2.99. The number of benzene rings is 1. The summed E-state index contributed by atoms with van der Waals surface area (Å²) < 4.78 is 0. The molecule has 1 aliphatic heterocycles. The van der Waals surface area contributed by atoms with Crippen LogP contribution in [-0.4, -0.2) is 28.0 Å². The molecule has 3 aromatic rings. The van der Waals surface area contributed by atoms with Crippen LogP contribution in [0.3, 0.4) is 0 Å². The minimum atomic E-state index is 0.325. The summed E-state index contributed by atoms with van der Waals surface area (Å²) in [6.45, 7) is 2.49. The quantitative estimate of drug-likeness (QED) is 0.668. The van der Waals surface area contributed by atoms with Crippen LogP contribution in [0, 0.1) is 0 Å². The monoisotopic (exact) mass is 352 g/mol. The second-order valence-electron chi connectivity index (χ2n) is 5.97. The van der Waals surface area contributed by atoms with Gasteiger partial charge in [0, 0.05) is 29.5 Å². The van der Waals surface area contributed by atoms with Crippen molar-refractivity contribution in [2.45, 2.75) is 19.4 Å². The van der Waals surface area contributed by atoms with Gasteiger partial charge in [0.25, 0.3) is 0 Å². The number of nitrogens with zero attached hydrogens (tertiary/aromatic N) is 3. The lowest BCUT2D eigenvalue weighted by Crippen LogP contribution is -2.16. The van der Waals surface area contributed by atoms with Crippen molar-refractivity contribution < 1.29 is 0 Å². The average Bonchev–Trinajstić information content (AvgIpc) is 2.98. The molecule has 4 rings (SSSR count). The third-order valence-electron chi connectivity index (χ3n) is 4.21. The number of nitrogens with two attached hydrogens (primary N) is 1. The summed E-state index contributed by atoms with van der Waals surface area (Å²) >= 11 is 1.65. The summed E-state index contributed by atoms with van der Waals surface area (Å²) in [5, 5.41) is 9.91. The van der Waals surface area contributed by atoms with Crippen LogP contribution < -0.4 is 16.4 Å². The molecule has 0 atom stereocenters. The molecule has 6 nitrogen and oxygen atoms in total. The standard InChI is InChI=1S/C18H20N6S/c19-18-23-15-7-9-20-8-6-14(15)16(24-18)21-10-13-11-25-17(22-13)12-4-2-1-3-5-12/h1-5,11,20H,6-10H2,(H3,19,21,23,24). The van der Waals surface area contributed by atoms with E-state index in [1.165, 1.54) is 0 Å². The first-order valence-corrected chi connectivity index (χ1v) is 9.27. The SMILES string of the molecule is Nc1nc2c(c(NCc3csc(-c4ccccc4)n3)n1)CCNCC2. The molecule has 0 saturated carbocycles. The topological polar surface area (TPSA) is 88.8 Å². The first-order chi connectivity index (χ1) is 12.3. The Balaban J connectivity index is 1.52. The van der Waals surface area contributed by atoms with Gasteiger partial charge in [0.2, 0.25) is 5.95 Å². The molecule has 7 heteroatoms. The zero-order valence-electron chi connectivity index (χ0n) is 13.8. The van der Waals surface area contributed by atoms with Gasteiger partial charge in [-0.15, -0.1) is 11.3 Å². The van der Waals surface area contributed by atoms with Crippen LogP contribution in [0.2, 0.25) is 0 Å². The van der Waals surface area contributed by atoms with Crippen molar-refractivity contribution in [3.8, 4) is 10.6 Å². The Hall–Kier alpha value is -2.51. The Morgan fingerprint density at radius 3 is 2.80 bits per heavy atom. The van der Waals surface area contributed by atoms with Gasteiger partial charge in [0.1, 0.15) is 10.8 Å². The number of hydrogen-bond acceptors (Lipinski definition) is 7. The van der Waals surface area contributed by atoms with Crippen LogP contribution in [0.15, 0.2) is 35.7 Å². The molecule has 3 heterocycles. The van der Waals surface area contributed by atoms with Crippen LogP contribution in [0.5, 0.6) is 0 Å². The highest BCUT2D eigenvalue weighted by molar-refractivity contribution is 7.13. The predicted molar refractivity (Wildman–Crippen MR) is 102 cm³/mol. The highest BCUT2D eigenvalue weighted by Crippen LogP contribution is 2.25. The number of anilines is 2. The molecule has 128 valence electrons. The molecule has 4 N–H and O–H groups in total. The maximum absolute atomic E-state index is 5.89. The first kappa shape index (κ1) is 16.0. The van der Waals surface area contributed by atoms with E-state index in [2.05, 4.69) is 38.1 Å². The van der Waals surface area contributed by atoms with Crippen LogP contribution in [0.4, 0.5) is 11.8 Å². The molecule has 0 bridgehead atoms. The van der Waals surface area contributed by atoms with Gasteiger partial charge >= 0.3 is 0 Å². The first-order valence-electron chi connectivity index (χ1n) is 8.39. The third-order valence-corrected chi connectivity index (χ3v) is 5.15. The molecule has 0 unspecified atom stereocenters. The van der Waals surface area contributed by atoms with E-state index in [0.717, 1.165) is 59.3 Å². The second-order valence-corrected chi connectivity index (χ2v) is 6.83. The fraction of sp³-hybridized carbons (Fsp3) is 0.278. The third kappa shape index (κ3) is 3.62. The zero-order chi connectivity index (χ0) is 17.1. The minimum Gasteiger partial charge on any atom is -0.368 e. The molecule has 0 saturated heterocycles. The Bertz CT molecular complexity index is 861. The van der Waals surface area contributed by atoms with Gasteiger partial charge in [-0.1, -0.05) is 30.3 Å². The number of nitrogen functional groups attached to an aromatic ring is 1.